The monoisotopic (exact) mass is 353 g/mol. The highest BCUT2D eigenvalue weighted by atomic mass is 32.1. The highest BCUT2D eigenvalue weighted by Crippen LogP contribution is 2.26. The summed E-state index contributed by atoms with van der Waals surface area (Å²) in [6, 6.07) is 14.8. The topological polar surface area (TPSA) is 71.3 Å². The summed E-state index contributed by atoms with van der Waals surface area (Å²) in [7, 11) is 0. The van der Waals surface area contributed by atoms with Crippen molar-refractivity contribution < 1.29 is 9.18 Å². The quantitative estimate of drug-likeness (QED) is 0.579. The second-order valence-corrected chi connectivity index (χ2v) is 6.04. The minimum Gasteiger partial charge on any atom is -0.308 e. The third-order valence-corrected chi connectivity index (χ3v) is 4.29. The van der Waals surface area contributed by atoms with Crippen molar-refractivity contribution in [1.82, 2.24) is 14.6 Å². The first-order chi connectivity index (χ1) is 12.2. The number of rotatable bonds is 3. The van der Waals surface area contributed by atoms with Gasteiger partial charge in [-0.2, -0.15) is 4.98 Å². The Labute approximate surface area is 146 Å². The highest BCUT2D eigenvalue weighted by molar-refractivity contribution is 7.15. The minimum absolute atomic E-state index is 0.198. The van der Waals surface area contributed by atoms with Crippen molar-refractivity contribution in [2.24, 2.45) is 0 Å². The van der Waals surface area contributed by atoms with Crippen molar-refractivity contribution in [3.8, 4) is 11.3 Å². The number of aromatic nitrogens is 3. The summed E-state index contributed by atoms with van der Waals surface area (Å²) >= 11 is 1.39. The number of amides is 2. The molecule has 0 saturated heterocycles. The van der Waals surface area contributed by atoms with E-state index < -0.39 is 6.03 Å². The highest BCUT2D eigenvalue weighted by Gasteiger charge is 2.13. The van der Waals surface area contributed by atoms with E-state index in [1.165, 1.54) is 23.5 Å². The van der Waals surface area contributed by atoms with Gasteiger partial charge >= 0.3 is 6.03 Å². The van der Waals surface area contributed by atoms with Crippen LogP contribution in [0.2, 0.25) is 0 Å². The smallest absolute Gasteiger partial charge is 0.308 e. The standard InChI is InChI=1S/C17H12FN5OS/c18-12-8-6-11(7-9-12)14-10-25-17-21-15(22-23(14)17)20-16(24)19-13-4-2-1-3-5-13/h1-10H,(H2,19,20,22,24). The summed E-state index contributed by atoms with van der Waals surface area (Å²) in [5, 5.41) is 11.5. The Balaban J connectivity index is 1.55. The Bertz CT molecular complexity index is 1030. The van der Waals surface area contributed by atoms with Crippen LogP contribution >= 0.6 is 11.3 Å². The molecule has 2 N–H and O–H groups in total. The van der Waals surface area contributed by atoms with Gasteiger partial charge in [0.15, 0.2) is 0 Å². The van der Waals surface area contributed by atoms with E-state index in [0.717, 1.165) is 11.3 Å². The second-order valence-electron chi connectivity index (χ2n) is 5.20. The van der Waals surface area contributed by atoms with Crippen LogP contribution < -0.4 is 10.6 Å². The maximum absolute atomic E-state index is 13.1. The van der Waals surface area contributed by atoms with Crippen molar-refractivity contribution in [1.29, 1.82) is 0 Å². The largest absolute Gasteiger partial charge is 0.326 e. The predicted octanol–water partition coefficient (Wildman–Crippen LogP) is 4.24. The summed E-state index contributed by atoms with van der Waals surface area (Å²) in [4.78, 5) is 16.9. The zero-order valence-corrected chi connectivity index (χ0v) is 13.6. The van der Waals surface area contributed by atoms with Crippen molar-refractivity contribution in [2.45, 2.75) is 0 Å². The number of benzene rings is 2. The van der Waals surface area contributed by atoms with Gasteiger partial charge in [-0.05, 0) is 36.4 Å². The number of nitrogens with one attached hydrogen (secondary N) is 2. The molecule has 0 saturated carbocycles. The molecule has 2 amide bonds. The van der Waals surface area contributed by atoms with E-state index in [2.05, 4.69) is 20.7 Å². The molecule has 25 heavy (non-hydrogen) atoms. The molecule has 0 bridgehead atoms. The van der Waals surface area contributed by atoms with Gasteiger partial charge in [0.05, 0.1) is 5.69 Å². The maximum Gasteiger partial charge on any atom is 0.326 e. The molecule has 0 spiro atoms. The molecule has 0 unspecified atom stereocenters. The number of para-hydroxylation sites is 1. The van der Waals surface area contributed by atoms with E-state index in [4.69, 9.17) is 0 Å². The van der Waals surface area contributed by atoms with Gasteiger partial charge in [0.2, 0.25) is 4.96 Å². The first-order valence-electron chi connectivity index (χ1n) is 7.42. The summed E-state index contributed by atoms with van der Waals surface area (Å²) in [5.74, 6) is -0.0996. The predicted molar refractivity (Wildman–Crippen MR) is 95.3 cm³/mol. The molecule has 8 heteroatoms. The molecule has 2 aromatic heterocycles. The molecule has 0 aliphatic carbocycles. The molecule has 0 atom stereocenters. The third-order valence-electron chi connectivity index (χ3n) is 3.48. The van der Waals surface area contributed by atoms with Gasteiger partial charge in [-0.15, -0.1) is 16.4 Å². The van der Waals surface area contributed by atoms with Crippen molar-refractivity contribution >= 4 is 34.0 Å². The lowest BCUT2D eigenvalue weighted by Gasteiger charge is -2.04. The lowest BCUT2D eigenvalue weighted by molar-refractivity contribution is 0.262. The Morgan fingerprint density at radius 3 is 2.56 bits per heavy atom. The van der Waals surface area contributed by atoms with Crippen LogP contribution in [0.25, 0.3) is 16.2 Å². The van der Waals surface area contributed by atoms with E-state index in [9.17, 15) is 9.18 Å². The average Bonchev–Trinajstić information content (AvgIpc) is 3.16. The van der Waals surface area contributed by atoms with E-state index in [0.29, 0.717) is 10.6 Å². The minimum atomic E-state index is -0.423. The molecule has 0 fully saturated rings. The normalized spacial score (nSPS) is 10.8. The Morgan fingerprint density at radius 2 is 1.80 bits per heavy atom. The SMILES string of the molecule is O=C(Nc1ccccc1)Nc1nc2scc(-c3ccc(F)cc3)n2n1. The lowest BCUT2D eigenvalue weighted by atomic mass is 10.2. The molecule has 2 heterocycles. The van der Waals surface area contributed by atoms with Gasteiger partial charge in [-0.25, -0.2) is 13.7 Å². The number of hydrogen-bond acceptors (Lipinski definition) is 4. The average molecular weight is 353 g/mol. The molecule has 0 aliphatic heterocycles. The zero-order chi connectivity index (χ0) is 17.2. The van der Waals surface area contributed by atoms with Crippen LogP contribution in [-0.4, -0.2) is 20.6 Å². The number of carbonyl (C=O) groups is 1. The van der Waals surface area contributed by atoms with Crippen LogP contribution in [0, 0.1) is 5.82 Å². The molecule has 6 nitrogen and oxygen atoms in total. The number of halogens is 1. The molecule has 2 aromatic carbocycles. The summed E-state index contributed by atoms with van der Waals surface area (Å²) in [6.45, 7) is 0. The first kappa shape index (κ1) is 15.3. The fraction of sp³-hybridized carbons (Fsp3) is 0. The van der Waals surface area contributed by atoms with Crippen LogP contribution in [-0.2, 0) is 0 Å². The Hall–Kier alpha value is -3.26. The van der Waals surface area contributed by atoms with Gasteiger partial charge in [-0.3, -0.25) is 5.32 Å². The van der Waals surface area contributed by atoms with E-state index in [1.54, 1.807) is 28.8 Å². The molecular weight excluding hydrogens is 341 g/mol. The van der Waals surface area contributed by atoms with Gasteiger partial charge in [-0.1, -0.05) is 18.2 Å². The Kier molecular flexibility index (Phi) is 3.87. The zero-order valence-electron chi connectivity index (χ0n) is 12.8. The van der Waals surface area contributed by atoms with Gasteiger partial charge < -0.3 is 5.32 Å². The van der Waals surface area contributed by atoms with Gasteiger partial charge in [0.1, 0.15) is 5.82 Å². The fourth-order valence-electron chi connectivity index (χ4n) is 2.34. The van der Waals surface area contributed by atoms with E-state index in [-0.39, 0.29) is 11.8 Å². The number of hydrogen-bond donors (Lipinski definition) is 2. The number of nitrogens with zero attached hydrogens (tertiary/aromatic N) is 3. The number of carbonyl (C=O) groups excluding carboxylic acids is 1. The molecule has 124 valence electrons. The third kappa shape index (κ3) is 3.20. The number of anilines is 2. The molecule has 4 aromatic rings. The van der Waals surface area contributed by atoms with Crippen molar-refractivity contribution in [3.05, 3.63) is 65.8 Å². The summed E-state index contributed by atoms with van der Waals surface area (Å²) in [5.41, 5.74) is 2.27. The molecule has 0 aliphatic rings. The van der Waals surface area contributed by atoms with Crippen molar-refractivity contribution in [2.75, 3.05) is 10.6 Å². The van der Waals surface area contributed by atoms with Crippen LogP contribution in [0.4, 0.5) is 20.8 Å². The number of fused-ring (bicyclic) bond motifs is 1. The molecule has 0 radical (unpaired) electrons. The number of urea groups is 1. The second kappa shape index (κ2) is 6.33. The maximum atomic E-state index is 13.1. The summed E-state index contributed by atoms with van der Waals surface area (Å²) in [6.07, 6.45) is 0. The lowest BCUT2D eigenvalue weighted by Crippen LogP contribution is -2.20. The summed E-state index contributed by atoms with van der Waals surface area (Å²) < 4.78 is 14.7. The Morgan fingerprint density at radius 1 is 1.04 bits per heavy atom. The van der Waals surface area contributed by atoms with Crippen LogP contribution in [0.3, 0.4) is 0 Å². The van der Waals surface area contributed by atoms with Gasteiger partial charge in [0.25, 0.3) is 5.95 Å². The van der Waals surface area contributed by atoms with Crippen molar-refractivity contribution in [3.63, 3.8) is 0 Å². The number of thiazole rings is 1. The van der Waals surface area contributed by atoms with Crippen LogP contribution in [0.15, 0.2) is 60.0 Å². The molecular formula is C17H12FN5OS. The van der Waals surface area contributed by atoms with Crippen LogP contribution in [0.5, 0.6) is 0 Å². The fourth-order valence-corrected chi connectivity index (χ4v) is 3.17. The van der Waals surface area contributed by atoms with E-state index >= 15 is 0 Å². The van der Waals surface area contributed by atoms with Gasteiger partial charge in [0, 0.05) is 16.6 Å². The van der Waals surface area contributed by atoms with E-state index in [1.807, 2.05) is 23.6 Å². The first-order valence-corrected chi connectivity index (χ1v) is 8.30. The van der Waals surface area contributed by atoms with Crippen LogP contribution in [0.1, 0.15) is 0 Å². The molecule has 4 rings (SSSR count).